The van der Waals surface area contributed by atoms with Crippen LogP contribution >= 0.6 is 18.2 Å². The smallest absolute Gasteiger partial charge is 0.394 e. The minimum Gasteiger partial charge on any atom is -0.507 e. The van der Waals surface area contributed by atoms with E-state index in [0.717, 1.165) is 6.07 Å². The van der Waals surface area contributed by atoms with Gasteiger partial charge in [-0.15, -0.1) is 0 Å². The zero-order chi connectivity index (χ0) is 22.9. The van der Waals surface area contributed by atoms with Gasteiger partial charge >= 0.3 is 6.80 Å². The molecule has 1 aliphatic carbocycles. The standard InChI is InChI=1S/C21H23O8PS/c1-4-6-28-30(27,29-7-5-2)31-21-15(23)10-13-17(20(21)26)19(25)16-12(18(13)24)8-11(3)9-14(16)22/h8-10,22-23,26H,4-7H2,1-3H3. The number of carbonyl (C=O) groups is 2. The number of aromatic hydroxyl groups is 3. The Hall–Kier alpha value is -2.32. The van der Waals surface area contributed by atoms with Crippen molar-refractivity contribution in [2.75, 3.05) is 13.2 Å². The Balaban J connectivity index is 2.12. The van der Waals surface area contributed by atoms with Crippen LogP contribution in [0.1, 0.15) is 64.1 Å². The van der Waals surface area contributed by atoms with Crippen molar-refractivity contribution in [2.24, 2.45) is 0 Å². The summed E-state index contributed by atoms with van der Waals surface area (Å²) < 4.78 is 23.8. The quantitative estimate of drug-likeness (QED) is 0.395. The number of rotatable bonds is 8. The van der Waals surface area contributed by atoms with E-state index in [1.807, 2.05) is 13.8 Å². The molecule has 31 heavy (non-hydrogen) atoms. The first-order valence-electron chi connectivity index (χ1n) is 9.74. The molecule has 10 heteroatoms. The maximum absolute atomic E-state index is 13.1. The van der Waals surface area contributed by atoms with Crippen LogP contribution in [0.2, 0.25) is 0 Å². The maximum Gasteiger partial charge on any atom is 0.394 e. The first kappa shape index (κ1) is 23.3. The predicted octanol–water partition coefficient (Wildman–Crippen LogP) is 4.94. The Labute approximate surface area is 183 Å². The molecule has 0 unspecified atom stereocenters. The number of carbonyl (C=O) groups excluding carboxylic acids is 2. The van der Waals surface area contributed by atoms with Crippen molar-refractivity contribution in [1.82, 2.24) is 0 Å². The molecular weight excluding hydrogens is 443 g/mol. The summed E-state index contributed by atoms with van der Waals surface area (Å²) in [5.41, 5.74) is -0.260. The third kappa shape index (κ3) is 4.36. The number of aryl methyl sites for hydroxylation is 1. The Morgan fingerprint density at radius 2 is 1.45 bits per heavy atom. The fraction of sp³-hybridized carbons (Fsp3) is 0.333. The second-order valence-electron chi connectivity index (χ2n) is 7.07. The van der Waals surface area contributed by atoms with Gasteiger partial charge in [-0.1, -0.05) is 13.8 Å². The first-order valence-corrected chi connectivity index (χ1v) is 12.7. The molecule has 0 amide bonds. The molecule has 2 aromatic rings. The van der Waals surface area contributed by atoms with Crippen LogP contribution < -0.4 is 0 Å². The summed E-state index contributed by atoms with van der Waals surface area (Å²) in [6.45, 7) is 1.71. The Morgan fingerprint density at radius 3 is 2.03 bits per heavy atom. The van der Waals surface area contributed by atoms with E-state index in [0.29, 0.717) is 29.8 Å². The molecule has 8 nitrogen and oxygen atoms in total. The van der Waals surface area contributed by atoms with Gasteiger partial charge in [0.15, 0.2) is 5.78 Å². The highest BCUT2D eigenvalue weighted by atomic mass is 32.7. The van der Waals surface area contributed by atoms with Gasteiger partial charge in [0.1, 0.15) is 22.1 Å². The number of benzene rings is 2. The molecule has 0 aromatic heterocycles. The Kier molecular flexibility index (Phi) is 6.81. The molecule has 0 aliphatic heterocycles. The molecule has 0 heterocycles. The van der Waals surface area contributed by atoms with Crippen molar-refractivity contribution < 1.29 is 38.5 Å². The van der Waals surface area contributed by atoms with E-state index in [9.17, 15) is 29.5 Å². The maximum atomic E-state index is 13.1. The summed E-state index contributed by atoms with van der Waals surface area (Å²) in [5, 5.41) is 31.6. The molecule has 2 aromatic carbocycles. The molecular formula is C21H23O8PS. The van der Waals surface area contributed by atoms with Crippen molar-refractivity contribution in [1.29, 1.82) is 0 Å². The molecule has 0 bridgehead atoms. The van der Waals surface area contributed by atoms with Crippen molar-refractivity contribution in [3.8, 4) is 17.2 Å². The molecule has 0 saturated heterocycles. The summed E-state index contributed by atoms with van der Waals surface area (Å²) in [6.07, 6.45) is 1.12. The number of ketones is 2. The van der Waals surface area contributed by atoms with Crippen molar-refractivity contribution >= 4 is 29.7 Å². The van der Waals surface area contributed by atoms with Gasteiger partial charge in [-0.25, -0.2) is 4.57 Å². The number of phenols is 3. The predicted molar refractivity (Wildman–Crippen MR) is 115 cm³/mol. The van der Waals surface area contributed by atoms with Crippen LogP contribution in [0.3, 0.4) is 0 Å². The minimum absolute atomic E-state index is 0.0163. The first-order chi connectivity index (χ1) is 14.6. The highest BCUT2D eigenvalue weighted by Gasteiger charge is 2.38. The minimum atomic E-state index is -3.83. The monoisotopic (exact) mass is 466 g/mol. The molecule has 0 spiro atoms. The van der Waals surface area contributed by atoms with Gasteiger partial charge in [0.05, 0.1) is 24.3 Å². The lowest BCUT2D eigenvalue weighted by atomic mass is 9.82. The summed E-state index contributed by atoms with van der Waals surface area (Å²) in [6, 6.07) is 3.85. The van der Waals surface area contributed by atoms with Gasteiger partial charge in [0, 0.05) is 22.5 Å². The van der Waals surface area contributed by atoms with Gasteiger partial charge in [-0.3, -0.25) is 9.59 Å². The van der Waals surface area contributed by atoms with Crippen LogP contribution in [0.25, 0.3) is 0 Å². The number of hydrogen-bond donors (Lipinski definition) is 3. The second-order valence-corrected chi connectivity index (χ2v) is 11.0. The van der Waals surface area contributed by atoms with Crippen LogP contribution in [-0.4, -0.2) is 40.1 Å². The van der Waals surface area contributed by atoms with E-state index in [4.69, 9.17) is 9.05 Å². The Morgan fingerprint density at radius 1 is 0.871 bits per heavy atom. The SMILES string of the molecule is CCCOP(=O)(OCCC)Sc1c(O)cc2c(c1O)C(=O)c1c(O)cc(C)cc1C2=O. The lowest BCUT2D eigenvalue weighted by Gasteiger charge is -2.23. The summed E-state index contributed by atoms with van der Waals surface area (Å²) in [5.74, 6) is -3.05. The lowest BCUT2D eigenvalue weighted by Crippen LogP contribution is -2.21. The molecule has 0 radical (unpaired) electrons. The zero-order valence-corrected chi connectivity index (χ0v) is 19.0. The largest absolute Gasteiger partial charge is 0.507 e. The lowest BCUT2D eigenvalue weighted by molar-refractivity contribution is 0.0973. The molecule has 0 saturated carbocycles. The zero-order valence-electron chi connectivity index (χ0n) is 17.3. The van der Waals surface area contributed by atoms with Gasteiger partial charge < -0.3 is 24.4 Å². The fourth-order valence-electron chi connectivity index (χ4n) is 3.20. The van der Waals surface area contributed by atoms with Gasteiger partial charge in [-0.05, 0) is 43.5 Å². The normalized spacial score (nSPS) is 13.3. The molecule has 3 N–H and O–H groups in total. The highest BCUT2D eigenvalue weighted by molar-refractivity contribution is 8.55. The summed E-state index contributed by atoms with van der Waals surface area (Å²) in [7, 11) is 0. The molecule has 1 aliphatic rings. The number of phenolic OH excluding ortho intramolecular Hbond substituents is 3. The van der Waals surface area contributed by atoms with E-state index in [1.54, 1.807) is 6.92 Å². The average molecular weight is 466 g/mol. The van der Waals surface area contributed by atoms with E-state index in [-0.39, 0.29) is 46.1 Å². The average Bonchev–Trinajstić information content (AvgIpc) is 2.71. The van der Waals surface area contributed by atoms with E-state index < -0.39 is 29.9 Å². The van der Waals surface area contributed by atoms with Crippen molar-refractivity contribution in [3.63, 3.8) is 0 Å². The summed E-state index contributed by atoms with van der Waals surface area (Å²) >= 11 is 0.473. The van der Waals surface area contributed by atoms with Gasteiger partial charge in [0.25, 0.3) is 0 Å². The molecule has 166 valence electrons. The third-order valence-electron chi connectivity index (χ3n) is 4.55. The molecule has 0 atom stereocenters. The third-order valence-corrected chi connectivity index (χ3v) is 8.21. The van der Waals surface area contributed by atoms with Gasteiger partial charge in [-0.2, -0.15) is 0 Å². The van der Waals surface area contributed by atoms with Crippen molar-refractivity contribution in [3.05, 3.63) is 46.0 Å². The fourth-order valence-corrected chi connectivity index (χ4v) is 6.73. The van der Waals surface area contributed by atoms with Crippen LogP contribution in [-0.2, 0) is 13.6 Å². The van der Waals surface area contributed by atoms with Crippen LogP contribution in [0.4, 0.5) is 0 Å². The molecule has 0 fully saturated rings. The van der Waals surface area contributed by atoms with E-state index >= 15 is 0 Å². The van der Waals surface area contributed by atoms with E-state index in [1.165, 1.54) is 12.1 Å². The van der Waals surface area contributed by atoms with Crippen molar-refractivity contribution in [2.45, 2.75) is 38.5 Å². The number of hydrogen-bond acceptors (Lipinski definition) is 9. The highest BCUT2D eigenvalue weighted by Crippen LogP contribution is 2.67. The van der Waals surface area contributed by atoms with Crippen LogP contribution in [0.15, 0.2) is 23.1 Å². The van der Waals surface area contributed by atoms with E-state index in [2.05, 4.69) is 0 Å². The second kappa shape index (κ2) is 9.04. The van der Waals surface area contributed by atoms with Gasteiger partial charge in [0.2, 0.25) is 5.78 Å². The van der Waals surface area contributed by atoms with Crippen LogP contribution in [0.5, 0.6) is 17.2 Å². The van der Waals surface area contributed by atoms with Crippen LogP contribution in [0, 0.1) is 6.92 Å². The topological polar surface area (TPSA) is 130 Å². The Bertz CT molecular complexity index is 1100. The number of fused-ring (bicyclic) bond motifs is 2. The molecule has 3 rings (SSSR count). The summed E-state index contributed by atoms with van der Waals surface area (Å²) in [4.78, 5) is 25.7.